The number of carbonyl (C=O) groups excluding carboxylic acids is 2. The number of hydrogen-bond donors (Lipinski definition) is 0. The molecule has 1 aromatic carbocycles. The number of nitrogens with zero attached hydrogens (tertiary/aromatic N) is 1. The Hall–Kier alpha value is -1.68. The van der Waals surface area contributed by atoms with Gasteiger partial charge in [-0.25, -0.2) is 0 Å². The monoisotopic (exact) mass is 397 g/mol. The molecule has 1 unspecified atom stereocenters. The van der Waals surface area contributed by atoms with Gasteiger partial charge in [-0.05, 0) is 18.6 Å². The van der Waals surface area contributed by atoms with E-state index in [4.69, 9.17) is 0 Å². The van der Waals surface area contributed by atoms with E-state index >= 15 is 0 Å². The second kappa shape index (κ2) is 7.91. The highest BCUT2D eigenvalue weighted by atomic mass is 32.2. The standard InChI is InChI=1S/C16H16F5NO3S/c17-15(18,16(19,20)21)7-3-9-26(25)10-4-8-22-13(23)11-5-1-2-6-12(11)14(22)24/h1-2,5-6H,3-4,7-10H2. The Morgan fingerprint density at radius 2 is 1.42 bits per heavy atom. The smallest absolute Gasteiger partial charge is 0.453 e. The summed E-state index contributed by atoms with van der Waals surface area (Å²) in [7, 11) is 0. The SMILES string of the molecule is O=C1c2ccccc2C(=O)N1CCC[S+]([O-])CCCC(F)(F)C(F)(F)F. The maximum absolute atomic E-state index is 12.7. The maximum Gasteiger partial charge on any atom is 0.453 e. The molecule has 1 aliphatic rings. The summed E-state index contributed by atoms with van der Waals surface area (Å²) < 4.78 is 73.3. The van der Waals surface area contributed by atoms with Gasteiger partial charge in [0.1, 0.15) is 11.5 Å². The van der Waals surface area contributed by atoms with Crippen molar-refractivity contribution in [3.63, 3.8) is 0 Å². The third-order valence-electron chi connectivity index (χ3n) is 3.91. The Bertz CT molecular complexity index is 645. The minimum Gasteiger partial charge on any atom is -0.616 e. The normalized spacial score (nSPS) is 16.2. The highest BCUT2D eigenvalue weighted by Gasteiger charge is 2.56. The van der Waals surface area contributed by atoms with Crippen LogP contribution in [0.2, 0.25) is 0 Å². The van der Waals surface area contributed by atoms with Crippen LogP contribution in [-0.2, 0) is 11.2 Å². The molecular formula is C16H16F5NO3S. The van der Waals surface area contributed by atoms with E-state index in [0.717, 1.165) is 4.90 Å². The molecule has 0 aromatic heterocycles. The highest BCUT2D eigenvalue weighted by Crippen LogP contribution is 2.38. The number of rotatable bonds is 8. The minimum absolute atomic E-state index is 0.00495. The van der Waals surface area contributed by atoms with Crippen molar-refractivity contribution in [3.8, 4) is 0 Å². The Kier molecular flexibility index (Phi) is 6.28. The average molecular weight is 397 g/mol. The van der Waals surface area contributed by atoms with E-state index in [0.29, 0.717) is 0 Å². The van der Waals surface area contributed by atoms with Crippen LogP contribution >= 0.6 is 0 Å². The van der Waals surface area contributed by atoms with Gasteiger partial charge in [-0.3, -0.25) is 14.5 Å². The number of benzene rings is 1. The maximum atomic E-state index is 12.7. The van der Waals surface area contributed by atoms with E-state index in [9.17, 15) is 36.1 Å². The van der Waals surface area contributed by atoms with Crippen molar-refractivity contribution < 1.29 is 36.1 Å². The van der Waals surface area contributed by atoms with Gasteiger partial charge in [-0.2, -0.15) is 22.0 Å². The van der Waals surface area contributed by atoms with Crippen molar-refractivity contribution >= 4 is 23.0 Å². The second-order valence-corrected chi connectivity index (χ2v) is 7.51. The zero-order chi connectivity index (χ0) is 19.5. The van der Waals surface area contributed by atoms with Crippen LogP contribution in [0.1, 0.15) is 40.0 Å². The predicted molar refractivity (Wildman–Crippen MR) is 84.5 cm³/mol. The van der Waals surface area contributed by atoms with Gasteiger partial charge >= 0.3 is 12.1 Å². The first-order valence-corrected chi connectivity index (χ1v) is 9.28. The molecule has 0 bridgehead atoms. The van der Waals surface area contributed by atoms with Crippen LogP contribution in [0.15, 0.2) is 24.3 Å². The topological polar surface area (TPSA) is 60.4 Å². The molecule has 2 amide bonds. The van der Waals surface area contributed by atoms with Gasteiger partial charge in [-0.15, -0.1) is 0 Å². The number of imide groups is 1. The van der Waals surface area contributed by atoms with Crippen molar-refractivity contribution in [1.82, 2.24) is 4.90 Å². The minimum atomic E-state index is -5.61. The lowest BCUT2D eigenvalue weighted by atomic mass is 10.1. The first-order chi connectivity index (χ1) is 12.0. The summed E-state index contributed by atoms with van der Waals surface area (Å²) in [6.07, 6.45) is -7.39. The summed E-state index contributed by atoms with van der Waals surface area (Å²) in [6, 6.07) is 6.29. The zero-order valence-electron chi connectivity index (χ0n) is 13.5. The number of carbonyl (C=O) groups is 2. The van der Waals surface area contributed by atoms with Crippen molar-refractivity contribution in [3.05, 3.63) is 35.4 Å². The van der Waals surface area contributed by atoms with Crippen LogP contribution in [0.3, 0.4) is 0 Å². The fraction of sp³-hybridized carbons (Fsp3) is 0.500. The molecule has 4 nitrogen and oxygen atoms in total. The van der Waals surface area contributed by atoms with E-state index in [-0.39, 0.29) is 35.6 Å². The van der Waals surface area contributed by atoms with Crippen LogP contribution in [-0.4, -0.2) is 51.4 Å². The first kappa shape index (κ1) is 20.6. The van der Waals surface area contributed by atoms with Gasteiger partial charge in [0.2, 0.25) is 0 Å². The van der Waals surface area contributed by atoms with E-state index in [1.54, 1.807) is 12.1 Å². The molecule has 0 radical (unpaired) electrons. The lowest BCUT2D eigenvalue weighted by molar-refractivity contribution is -0.284. The molecule has 0 N–H and O–H groups in total. The second-order valence-electron chi connectivity index (χ2n) is 5.81. The van der Waals surface area contributed by atoms with Crippen molar-refractivity contribution in [2.24, 2.45) is 0 Å². The van der Waals surface area contributed by atoms with E-state index in [1.165, 1.54) is 12.1 Å². The fourth-order valence-electron chi connectivity index (χ4n) is 2.52. The summed E-state index contributed by atoms with van der Waals surface area (Å²) in [4.78, 5) is 25.2. The fourth-order valence-corrected chi connectivity index (χ4v) is 3.65. The summed E-state index contributed by atoms with van der Waals surface area (Å²) >= 11 is -1.60. The number of amides is 2. The third kappa shape index (κ3) is 4.53. The lowest BCUT2D eigenvalue weighted by Gasteiger charge is -2.20. The van der Waals surface area contributed by atoms with Gasteiger partial charge < -0.3 is 4.55 Å². The predicted octanol–water partition coefficient (Wildman–Crippen LogP) is 3.40. The molecule has 1 aliphatic heterocycles. The van der Waals surface area contributed by atoms with E-state index in [1.807, 2.05) is 0 Å². The van der Waals surface area contributed by atoms with Crippen molar-refractivity contribution in [1.29, 1.82) is 0 Å². The number of halogens is 5. The molecule has 1 aromatic rings. The summed E-state index contributed by atoms with van der Waals surface area (Å²) in [5.41, 5.74) is 0.570. The Balaban J connectivity index is 1.74. The molecule has 1 heterocycles. The zero-order valence-corrected chi connectivity index (χ0v) is 14.3. The Labute approximate surface area is 149 Å². The molecule has 0 fully saturated rings. The van der Waals surface area contributed by atoms with Crippen LogP contribution in [0.25, 0.3) is 0 Å². The summed E-state index contributed by atoms with van der Waals surface area (Å²) in [5.74, 6) is -6.00. The van der Waals surface area contributed by atoms with Crippen molar-refractivity contribution in [2.45, 2.75) is 31.4 Å². The molecule has 1 atom stereocenters. The van der Waals surface area contributed by atoms with E-state index in [2.05, 4.69) is 0 Å². The largest absolute Gasteiger partial charge is 0.616 e. The molecule has 10 heteroatoms. The van der Waals surface area contributed by atoms with Gasteiger partial charge in [0, 0.05) is 19.4 Å². The van der Waals surface area contributed by atoms with Gasteiger partial charge in [0.15, 0.2) is 0 Å². The molecule has 0 spiro atoms. The third-order valence-corrected chi connectivity index (χ3v) is 5.40. The molecule has 2 rings (SSSR count). The van der Waals surface area contributed by atoms with Gasteiger partial charge in [0.05, 0.1) is 11.1 Å². The van der Waals surface area contributed by atoms with Crippen molar-refractivity contribution in [2.75, 3.05) is 18.1 Å². The van der Waals surface area contributed by atoms with E-state index < -0.39 is 47.9 Å². The highest BCUT2D eigenvalue weighted by molar-refractivity contribution is 7.91. The first-order valence-electron chi connectivity index (χ1n) is 7.79. The Morgan fingerprint density at radius 1 is 0.923 bits per heavy atom. The molecule has 0 saturated heterocycles. The quantitative estimate of drug-likeness (QED) is 0.384. The number of hydrogen-bond acceptors (Lipinski definition) is 3. The van der Waals surface area contributed by atoms with Crippen LogP contribution < -0.4 is 0 Å². The molecule has 0 aliphatic carbocycles. The molecule has 144 valence electrons. The van der Waals surface area contributed by atoms with Crippen LogP contribution in [0.4, 0.5) is 22.0 Å². The Morgan fingerprint density at radius 3 is 1.92 bits per heavy atom. The van der Waals surface area contributed by atoms with Gasteiger partial charge in [0.25, 0.3) is 11.8 Å². The van der Waals surface area contributed by atoms with Gasteiger partial charge in [-0.1, -0.05) is 23.3 Å². The average Bonchev–Trinajstić information content (AvgIpc) is 2.79. The van der Waals surface area contributed by atoms with Crippen LogP contribution in [0.5, 0.6) is 0 Å². The number of alkyl halides is 5. The summed E-state index contributed by atoms with van der Waals surface area (Å²) in [5, 5.41) is 0. The molecule has 0 saturated carbocycles. The number of fused-ring (bicyclic) bond motifs is 1. The summed E-state index contributed by atoms with van der Waals surface area (Å²) in [6.45, 7) is 0.0107. The molecular weight excluding hydrogens is 381 g/mol. The lowest BCUT2D eigenvalue weighted by Crippen LogP contribution is -2.36. The van der Waals surface area contributed by atoms with Crippen LogP contribution in [0, 0.1) is 0 Å². The molecule has 26 heavy (non-hydrogen) atoms.